The Morgan fingerprint density at radius 2 is 2.17 bits per heavy atom. The van der Waals surface area contributed by atoms with Crippen LogP contribution in [0.2, 0.25) is 5.02 Å². The van der Waals surface area contributed by atoms with E-state index < -0.39 is 4.92 Å². The molecular formula is C16H11BrClN3O3. The number of hydrogen-bond donors (Lipinski definition) is 2. The minimum atomic E-state index is -0.416. The molecule has 2 N–H and O–H groups in total. The van der Waals surface area contributed by atoms with Crippen molar-refractivity contribution in [1.82, 2.24) is 5.48 Å². The normalized spacial score (nSPS) is 13.5. The molecule has 1 aliphatic carbocycles. The molecule has 0 atom stereocenters. The van der Waals surface area contributed by atoms with E-state index in [1.54, 1.807) is 36.4 Å². The van der Waals surface area contributed by atoms with Gasteiger partial charge in [-0.3, -0.25) is 20.8 Å². The molecule has 0 aromatic heterocycles. The van der Waals surface area contributed by atoms with E-state index in [0.29, 0.717) is 32.7 Å². The maximum Gasteiger partial charge on any atom is 0.274 e. The second-order valence-corrected chi connectivity index (χ2v) is 6.50. The first-order valence-electron chi connectivity index (χ1n) is 6.90. The third kappa shape index (κ3) is 3.33. The molecule has 0 saturated heterocycles. The second-order valence-electron chi connectivity index (χ2n) is 5.15. The molecule has 0 aliphatic heterocycles. The Labute approximate surface area is 150 Å². The zero-order valence-electron chi connectivity index (χ0n) is 12.2. The molecule has 2 aromatic carbocycles. The Bertz CT molecular complexity index is 896. The number of fused-ring (bicyclic) bond motifs is 1. The summed E-state index contributed by atoms with van der Waals surface area (Å²) in [6, 6.07) is 10.1. The van der Waals surface area contributed by atoms with Gasteiger partial charge >= 0.3 is 0 Å². The van der Waals surface area contributed by atoms with Gasteiger partial charge in [0.25, 0.3) is 5.69 Å². The first-order valence-corrected chi connectivity index (χ1v) is 8.07. The van der Waals surface area contributed by atoms with Gasteiger partial charge < -0.3 is 0 Å². The molecule has 6 nitrogen and oxygen atoms in total. The maximum atomic E-state index is 11.2. The highest BCUT2D eigenvalue weighted by molar-refractivity contribution is 9.10. The number of hydroxylamine groups is 1. The topological polar surface area (TPSA) is 87.8 Å². The van der Waals surface area contributed by atoms with Crippen molar-refractivity contribution in [3.8, 4) is 0 Å². The Morgan fingerprint density at radius 1 is 1.38 bits per heavy atom. The molecule has 0 unspecified atom stereocenters. The first kappa shape index (κ1) is 16.6. The number of benzene rings is 2. The Morgan fingerprint density at radius 3 is 2.83 bits per heavy atom. The zero-order chi connectivity index (χ0) is 17.3. The van der Waals surface area contributed by atoms with Crippen LogP contribution in [0.15, 0.2) is 51.4 Å². The van der Waals surface area contributed by atoms with Gasteiger partial charge in [0.1, 0.15) is 0 Å². The van der Waals surface area contributed by atoms with Gasteiger partial charge in [-0.15, -0.1) is 0 Å². The van der Waals surface area contributed by atoms with Crippen LogP contribution >= 0.6 is 27.5 Å². The second kappa shape index (κ2) is 6.72. The van der Waals surface area contributed by atoms with Crippen LogP contribution in [0.5, 0.6) is 0 Å². The summed E-state index contributed by atoms with van der Waals surface area (Å²) in [4.78, 5) is 15.1. The molecule has 2 aromatic rings. The average Bonchev–Trinajstić information content (AvgIpc) is 2.95. The van der Waals surface area contributed by atoms with Gasteiger partial charge in [-0.1, -0.05) is 33.6 Å². The number of nitro benzene ring substituents is 1. The van der Waals surface area contributed by atoms with Crippen molar-refractivity contribution in [2.45, 2.75) is 6.42 Å². The highest BCUT2D eigenvalue weighted by atomic mass is 79.9. The van der Waals surface area contributed by atoms with E-state index >= 15 is 0 Å². The minimum Gasteiger partial charge on any atom is -0.290 e. The SMILES string of the molecule is O=[N+]([O-])c1cc(Br)cc2c1CC(C(=Nc1cccc(Cl)c1)NO)=C2. The summed E-state index contributed by atoms with van der Waals surface area (Å²) in [6.45, 7) is 0. The summed E-state index contributed by atoms with van der Waals surface area (Å²) in [7, 11) is 0. The highest BCUT2D eigenvalue weighted by Gasteiger charge is 2.26. The van der Waals surface area contributed by atoms with Gasteiger partial charge in [-0.2, -0.15) is 0 Å². The molecule has 3 rings (SSSR count). The molecule has 0 fully saturated rings. The van der Waals surface area contributed by atoms with Crippen LogP contribution in [0.4, 0.5) is 11.4 Å². The first-order chi connectivity index (χ1) is 11.5. The Hall–Kier alpha value is -2.22. The van der Waals surface area contributed by atoms with E-state index in [4.69, 9.17) is 11.6 Å². The lowest BCUT2D eigenvalue weighted by Crippen LogP contribution is -2.21. The quantitative estimate of drug-likeness (QED) is 0.335. The van der Waals surface area contributed by atoms with Crippen molar-refractivity contribution >= 4 is 50.8 Å². The van der Waals surface area contributed by atoms with Crippen molar-refractivity contribution in [3.63, 3.8) is 0 Å². The standard InChI is InChI=1S/C16H11BrClN3O3/c17-11-5-9-4-10(6-14(9)15(7-11)21(23)24)16(20-22)19-13-3-1-2-12(18)8-13/h1-5,7-8,22H,6H2,(H,19,20). The molecule has 8 heteroatoms. The molecule has 1 aliphatic rings. The van der Waals surface area contributed by atoms with Crippen LogP contribution in [0.25, 0.3) is 6.08 Å². The van der Waals surface area contributed by atoms with E-state index in [1.807, 2.05) is 0 Å². The van der Waals surface area contributed by atoms with Gasteiger partial charge in [0, 0.05) is 33.1 Å². The number of rotatable bonds is 3. The minimum absolute atomic E-state index is 0.0330. The third-order valence-corrected chi connectivity index (χ3v) is 4.27. The largest absolute Gasteiger partial charge is 0.290 e. The van der Waals surface area contributed by atoms with E-state index in [9.17, 15) is 15.3 Å². The number of halogens is 2. The molecule has 0 spiro atoms. The van der Waals surface area contributed by atoms with Crippen LogP contribution in [0, 0.1) is 10.1 Å². The van der Waals surface area contributed by atoms with Crippen LogP contribution in [0.3, 0.4) is 0 Å². The fraction of sp³-hybridized carbons (Fsp3) is 0.0625. The molecule has 0 amide bonds. The Balaban J connectivity index is 2.00. The number of hydrogen-bond acceptors (Lipinski definition) is 4. The lowest BCUT2D eigenvalue weighted by molar-refractivity contribution is -0.385. The van der Waals surface area contributed by atoms with Gasteiger partial charge in [-0.05, 0) is 35.9 Å². The summed E-state index contributed by atoms with van der Waals surface area (Å²) in [5, 5.41) is 21.2. The third-order valence-electron chi connectivity index (χ3n) is 3.58. The van der Waals surface area contributed by atoms with E-state index in [2.05, 4.69) is 26.4 Å². The van der Waals surface area contributed by atoms with Crippen LogP contribution in [0.1, 0.15) is 11.1 Å². The molecular weight excluding hydrogens is 398 g/mol. The van der Waals surface area contributed by atoms with Crippen molar-refractivity contribution in [2.24, 2.45) is 4.99 Å². The summed E-state index contributed by atoms with van der Waals surface area (Å²) in [6.07, 6.45) is 2.06. The fourth-order valence-corrected chi connectivity index (χ4v) is 3.20. The lowest BCUT2D eigenvalue weighted by Gasteiger charge is -2.06. The zero-order valence-corrected chi connectivity index (χ0v) is 14.5. The van der Waals surface area contributed by atoms with E-state index in [-0.39, 0.29) is 11.5 Å². The smallest absolute Gasteiger partial charge is 0.274 e. The van der Waals surface area contributed by atoms with Gasteiger partial charge in [0.15, 0.2) is 5.84 Å². The monoisotopic (exact) mass is 407 g/mol. The van der Waals surface area contributed by atoms with Crippen molar-refractivity contribution in [1.29, 1.82) is 0 Å². The van der Waals surface area contributed by atoms with Crippen LogP contribution in [-0.2, 0) is 6.42 Å². The summed E-state index contributed by atoms with van der Waals surface area (Å²) >= 11 is 9.21. The average molecular weight is 409 g/mol. The summed E-state index contributed by atoms with van der Waals surface area (Å²) in [5.74, 6) is 0.221. The number of aliphatic imine (C=N–C) groups is 1. The van der Waals surface area contributed by atoms with Crippen molar-refractivity contribution in [2.75, 3.05) is 0 Å². The number of nitrogens with one attached hydrogen (secondary N) is 1. The van der Waals surface area contributed by atoms with E-state index in [1.165, 1.54) is 6.07 Å². The molecule has 24 heavy (non-hydrogen) atoms. The Kier molecular flexibility index (Phi) is 4.66. The molecule has 0 heterocycles. The number of amidine groups is 1. The lowest BCUT2D eigenvalue weighted by atomic mass is 10.1. The van der Waals surface area contributed by atoms with E-state index in [0.717, 1.165) is 5.56 Å². The molecule has 0 radical (unpaired) electrons. The highest BCUT2D eigenvalue weighted by Crippen LogP contribution is 2.36. The maximum absolute atomic E-state index is 11.2. The van der Waals surface area contributed by atoms with Crippen molar-refractivity contribution in [3.05, 3.63) is 72.7 Å². The van der Waals surface area contributed by atoms with Crippen molar-refractivity contribution < 1.29 is 10.1 Å². The number of nitrogens with zero attached hydrogens (tertiary/aromatic N) is 2. The summed E-state index contributed by atoms with van der Waals surface area (Å²) in [5.41, 5.74) is 4.62. The van der Waals surface area contributed by atoms with Crippen LogP contribution in [-0.4, -0.2) is 16.0 Å². The van der Waals surface area contributed by atoms with Crippen LogP contribution < -0.4 is 5.48 Å². The predicted octanol–water partition coefficient (Wildman–Crippen LogP) is 4.66. The molecule has 122 valence electrons. The summed E-state index contributed by atoms with van der Waals surface area (Å²) < 4.78 is 0.621. The molecule has 0 saturated carbocycles. The fourth-order valence-electron chi connectivity index (χ4n) is 2.55. The number of nitro groups is 1. The predicted molar refractivity (Wildman–Crippen MR) is 95.9 cm³/mol. The van der Waals surface area contributed by atoms with Gasteiger partial charge in [0.2, 0.25) is 0 Å². The van der Waals surface area contributed by atoms with Gasteiger partial charge in [0.05, 0.1) is 10.6 Å². The molecule has 0 bridgehead atoms. The van der Waals surface area contributed by atoms with Gasteiger partial charge in [-0.25, -0.2) is 4.99 Å².